The fourth-order valence-corrected chi connectivity index (χ4v) is 3.21. The Kier molecular flexibility index (Phi) is 3.84. The number of carboxylic acids is 1. The van der Waals surface area contributed by atoms with Gasteiger partial charge in [-0.1, -0.05) is 17.8 Å². The van der Waals surface area contributed by atoms with Gasteiger partial charge in [0.15, 0.2) is 0 Å². The van der Waals surface area contributed by atoms with Crippen molar-refractivity contribution in [1.29, 1.82) is 0 Å². The van der Waals surface area contributed by atoms with E-state index in [1.165, 1.54) is 0 Å². The highest BCUT2D eigenvalue weighted by Crippen LogP contribution is 2.36. The maximum atomic E-state index is 12.3. The van der Waals surface area contributed by atoms with Gasteiger partial charge >= 0.3 is 5.97 Å². The summed E-state index contributed by atoms with van der Waals surface area (Å²) in [5.41, 5.74) is -0.172. The second-order valence-corrected chi connectivity index (χ2v) is 5.75. The van der Waals surface area contributed by atoms with Crippen molar-refractivity contribution in [2.75, 3.05) is 13.1 Å². The molecule has 0 saturated carbocycles. The van der Waals surface area contributed by atoms with Crippen LogP contribution in [0.4, 0.5) is 0 Å². The van der Waals surface area contributed by atoms with Gasteiger partial charge in [-0.15, -0.1) is 5.10 Å². The van der Waals surface area contributed by atoms with Crippen molar-refractivity contribution < 1.29 is 14.7 Å². The zero-order valence-electron chi connectivity index (χ0n) is 11.0. The molecular formula is C12H17N3O3S. The molecule has 1 unspecified atom stereocenters. The van der Waals surface area contributed by atoms with Gasteiger partial charge in [0.05, 0.1) is 11.1 Å². The molecule has 1 saturated heterocycles. The first-order valence-electron chi connectivity index (χ1n) is 6.32. The van der Waals surface area contributed by atoms with Crippen LogP contribution in [0, 0.1) is 12.3 Å². The molecule has 1 aromatic heterocycles. The Balaban J connectivity index is 2.15. The lowest BCUT2D eigenvalue weighted by molar-refractivity contribution is -0.148. The Bertz CT molecular complexity index is 502. The van der Waals surface area contributed by atoms with Gasteiger partial charge in [0.2, 0.25) is 0 Å². The summed E-state index contributed by atoms with van der Waals surface area (Å²) in [6.07, 6.45) is 1.93. The third-order valence-corrected chi connectivity index (χ3v) is 4.48. The number of hydrogen-bond acceptors (Lipinski definition) is 5. The number of carboxylic acid groups (broad SMARTS) is 1. The van der Waals surface area contributed by atoms with E-state index in [1.54, 1.807) is 11.8 Å². The van der Waals surface area contributed by atoms with Crippen molar-refractivity contribution in [1.82, 2.24) is 14.5 Å². The smallest absolute Gasteiger partial charge is 0.311 e. The number of amides is 1. The molecule has 1 aliphatic rings. The summed E-state index contributed by atoms with van der Waals surface area (Å²) in [4.78, 5) is 25.9. The predicted molar refractivity (Wildman–Crippen MR) is 70.1 cm³/mol. The second kappa shape index (κ2) is 5.24. The Labute approximate surface area is 115 Å². The first-order valence-corrected chi connectivity index (χ1v) is 7.09. The highest BCUT2D eigenvalue weighted by Gasteiger charge is 2.45. The van der Waals surface area contributed by atoms with Crippen LogP contribution in [0.1, 0.15) is 41.6 Å². The summed E-state index contributed by atoms with van der Waals surface area (Å²) in [5.74, 6) is -0.949. The molecule has 1 aliphatic heterocycles. The molecule has 1 N–H and O–H groups in total. The third-order valence-electron chi connectivity index (χ3n) is 3.67. The lowest BCUT2D eigenvalue weighted by Crippen LogP contribution is -2.36. The molecule has 0 aliphatic carbocycles. The van der Waals surface area contributed by atoms with Crippen LogP contribution in [0.3, 0.4) is 0 Å². The summed E-state index contributed by atoms with van der Waals surface area (Å²) < 4.78 is 3.75. The van der Waals surface area contributed by atoms with E-state index in [0.717, 1.165) is 18.0 Å². The van der Waals surface area contributed by atoms with Gasteiger partial charge in [-0.25, -0.2) is 0 Å². The number of aryl methyl sites for hydroxylation is 1. The van der Waals surface area contributed by atoms with Crippen LogP contribution in [-0.4, -0.2) is 44.6 Å². The molecule has 1 aromatic rings. The zero-order chi connectivity index (χ0) is 14.0. The Morgan fingerprint density at radius 2 is 2.26 bits per heavy atom. The van der Waals surface area contributed by atoms with Gasteiger partial charge in [-0.05, 0) is 31.3 Å². The molecule has 0 spiro atoms. The fourth-order valence-electron chi connectivity index (χ4n) is 2.58. The standard InChI is InChI=1S/C12H17N3O3S/c1-3-4-12(11(17)18)5-6-15(7-12)10(16)9-8(2)13-14-19-9/h3-7H2,1-2H3,(H,17,18). The van der Waals surface area contributed by atoms with Gasteiger partial charge in [-0.3, -0.25) is 9.59 Å². The van der Waals surface area contributed by atoms with E-state index in [-0.39, 0.29) is 12.5 Å². The van der Waals surface area contributed by atoms with E-state index in [9.17, 15) is 14.7 Å². The van der Waals surface area contributed by atoms with Crippen LogP contribution in [0.5, 0.6) is 0 Å². The molecule has 0 aromatic carbocycles. The van der Waals surface area contributed by atoms with E-state index in [1.807, 2.05) is 6.92 Å². The maximum absolute atomic E-state index is 12.3. The fraction of sp³-hybridized carbons (Fsp3) is 0.667. The van der Waals surface area contributed by atoms with E-state index in [2.05, 4.69) is 9.59 Å². The van der Waals surface area contributed by atoms with Crippen LogP contribution < -0.4 is 0 Å². The molecule has 0 radical (unpaired) electrons. The lowest BCUT2D eigenvalue weighted by Gasteiger charge is -2.23. The van der Waals surface area contributed by atoms with Gasteiger partial charge in [0, 0.05) is 13.1 Å². The van der Waals surface area contributed by atoms with Crippen LogP contribution in [0.25, 0.3) is 0 Å². The summed E-state index contributed by atoms with van der Waals surface area (Å²) in [7, 11) is 0. The zero-order valence-corrected chi connectivity index (χ0v) is 11.9. The summed E-state index contributed by atoms with van der Waals surface area (Å²) in [5, 5.41) is 13.2. The number of nitrogens with zero attached hydrogens (tertiary/aromatic N) is 3. The first-order chi connectivity index (χ1) is 9.00. The third kappa shape index (κ3) is 2.47. The average molecular weight is 283 g/mol. The average Bonchev–Trinajstić information content (AvgIpc) is 2.96. The molecular weight excluding hydrogens is 266 g/mol. The Morgan fingerprint density at radius 1 is 1.53 bits per heavy atom. The second-order valence-electron chi connectivity index (χ2n) is 5.00. The molecule has 2 rings (SSSR count). The topological polar surface area (TPSA) is 83.4 Å². The lowest BCUT2D eigenvalue weighted by atomic mass is 9.83. The predicted octanol–water partition coefficient (Wildman–Crippen LogP) is 1.56. The van der Waals surface area contributed by atoms with E-state index < -0.39 is 11.4 Å². The van der Waals surface area contributed by atoms with Crippen molar-refractivity contribution in [2.45, 2.75) is 33.1 Å². The van der Waals surface area contributed by atoms with E-state index >= 15 is 0 Å². The number of carbonyl (C=O) groups is 2. The molecule has 19 heavy (non-hydrogen) atoms. The van der Waals surface area contributed by atoms with Crippen LogP contribution in [0.15, 0.2) is 0 Å². The van der Waals surface area contributed by atoms with Gasteiger partial charge in [-0.2, -0.15) is 0 Å². The minimum Gasteiger partial charge on any atom is -0.481 e. The maximum Gasteiger partial charge on any atom is 0.311 e. The largest absolute Gasteiger partial charge is 0.481 e. The van der Waals surface area contributed by atoms with Gasteiger partial charge in [0.1, 0.15) is 4.88 Å². The van der Waals surface area contributed by atoms with Crippen molar-refractivity contribution in [3.8, 4) is 0 Å². The van der Waals surface area contributed by atoms with E-state index in [4.69, 9.17) is 0 Å². The SMILES string of the molecule is CCCC1(C(=O)O)CCN(C(=O)c2snnc2C)C1. The number of aliphatic carboxylic acids is 1. The van der Waals surface area contributed by atoms with Crippen molar-refractivity contribution in [3.05, 3.63) is 10.6 Å². The summed E-state index contributed by atoms with van der Waals surface area (Å²) in [6, 6.07) is 0. The van der Waals surface area contributed by atoms with Crippen LogP contribution in [0.2, 0.25) is 0 Å². The van der Waals surface area contributed by atoms with Gasteiger partial charge < -0.3 is 10.0 Å². The number of carbonyl (C=O) groups excluding carboxylic acids is 1. The molecule has 104 valence electrons. The Hall–Kier alpha value is -1.50. The van der Waals surface area contributed by atoms with Crippen molar-refractivity contribution in [2.24, 2.45) is 5.41 Å². The Morgan fingerprint density at radius 3 is 2.79 bits per heavy atom. The summed E-state index contributed by atoms with van der Waals surface area (Å²) in [6.45, 7) is 4.48. The molecule has 7 heteroatoms. The van der Waals surface area contributed by atoms with E-state index in [0.29, 0.717) is 30.0 Å². The minimum absolute atomic E-state index is 0.147. The number of likely N-dealkylation sites (tertiary alicyclic amines) is 1. The highest BCUT2D eigenvalue weighted by molar-refractivity contribution is 7.07. The molecule has 1 atom stereocenters. The highest BCUT2D eigenvalue weighted by atomic mass is 32.1. The monoisotopic (exact) mass is 283 g/mol. The molecule has 6 nitrogen and oxygen atoms in total. The molecule has 0 bridgehead atoms. The number of aromatic nitrogens is 2. The van der Waals surface area contributed by atoms with Crippen molar-refractivity contribution in [3.63, 3.8) is 0 Å². The van der Waals surface area contributed by atoms with Crippen molar-refractivity contribution >= 4 is 23.4 Å². The summed E-state index contributed by atoms with van der Waals surface area (Å²) >= 11 is 1.07. The molecule has 2 heterocycles. The van der Waals surface area contributed by atoms with Crippen LogP contribution in [-0.2, 0) is 4.79 Å². The molecule has 1 amide bonds. The first kappa shape index (κ1) is 13.9. The molecule has 1 fully saturated rings. The number of hydrogen-bond donors (Lipinski definition) is 1. The normalized spacial score (nSPS) is 22.7. The number of rotatable bonds is 4. The van der Waals surface area contributed by atoms with Gasteiger partial charge in [0.25, 0.3) is 5.91 Å². The minimum atomic E-state index is -0.802. The van der Waals surface area contributed by atoms with Crippen LogP contribution >= 0.6 is 11.5 Å². The quantitative estimate of drug-likeness (QED) is 0.906.